The van der Waals surface area contributed by atoms with Crippen LogP contribution in [0.3, 0.4) is 0 Å². The van der Waals surface area contributed by atoms with Crippen LogP contribution in [0.4, 0.5) is 4.39 Å². The van der Waals surface area contributed by atoms with Gasteiger partial charge in [0.2, 0.25) is 0 Å². The third-order valence-electron chi connectivity index (χ3n) is 6.52. The van der Waals surface area contributed by atoms with E-state index >= 15 is 0 Å². The van der Waals surface area contributed by atoms with Gasteiger partial charge in [-0.15, -0.1) is 0 Å². The van der Waals surface area contributed by atoms with Crippen LogP contribution in [0.1, 0.15) is 47.7 Å². The van der Waals surface area contributed by atoms with Crippen molar-refractivity contribution in [3.63, 3.8) is 0 Å². The first-order valence-corrected chi connectivity index (χ1v) is 11.7. The summed E-state index contributed by atoms with van der Waals surface area (Å²) in [6.07, 6.45) is 8.67. The van der Waals surface area contributed by atoms with E-state index in [0.29, 0.717) is 12.2 Å². The number of hydrogen-bond donors (Lipinski definition) is 0. The fraction of sp³-hybridized carbons (Fsp3) is 0.333. The molecule has 1 saturated heterocycles. The Labute approximate surface area is 199 Å². The number of amidine groups is 1. The van der Waals surface area contributed by atoms with Crippen molar-refractivity contribution >= 4 is 11.9 Å². The number of hydrogen-bond acceptors (Lipinski definition) is 5. The second kappa shape index (κ2) is 9.33. The van der Waals surface area contributed by atoms with Crippen molar-refractivity contribution in [1.29, 1.82) is 0 Å². The van der Waals surface area contributed by atoms with Gasteiger partial charge >= 0.3 is 0 Å². The molecule has 2 aromatic carbocycles. The van der Waals surface area contributed by atoms with Gasteiger partial charge in [-0.25, -0.2) is 9.37 Å². The molecule has 1 fully saturated rings. The first-order valence-electron chi connectivity index (χ1n) is 11.7. The maximum Gasteiger partial charge on any atom is 0.171 e. The van der Waals surface area contributed by atoms with E-state index in [9.17, 15) is 4.39 Å². The molecule has 0 amide bonds. The summed E-state index contributed by atoms with van der Waals surface area (Å²) in [6.45, 7) is 5.20. The first-order chi connectivity index (χ1) is 16.5. The van der Waals surface area contributed by atoms with Crippen LogP contribution in [0.25, 0.3) is 11.8 Å². The fourth-order valence-corrected chi connectivity index (χ4v) is 4.79. The molecule has 0 bridgehead atoms. The number of fused-ring (bicyclic) bond motifs is 1. The maximum atomic E-state index is 13.9. The van der Waals surface area contributed by atoms with E-state index in [1.54, 1.807) is 19.5 Å². The summed E-state index contributed by atoms with van der Waals surface area (Å²) in [7, 11) is 1.68. The molecule has 0 saturated carbocycles. The molecule has 1 atom stereocenters. The molecule has 2 aliphatic rings. The number of piperidine rings is 1. The molecule has 0 aliphatic carbocycles. The van der Waals surface area contributed by atoms with Crippen LogP contribution in [-0.2, 0) is 4.84 Å². The van der Waals surface area contributed by atoms with E-state index in [4.69, 9.17) is 9.57 Å². The zero-order chi connectivity index (χ0) is 23.7. The van der Waals surface area contributed by atoms with Crippen LogP contribution in [0.2, 0.25) is 0 Å². The lowest BCUT2D eigenvalue weighted by Crippen LogP contribution is -2.39. The number of halogens is 1. The minimum Gasteiger partial charge on any atom is -0.495 e. The number of rotatable bonds is 4. The van der Waals surface area contributed by atoms with Crippen LogP contribution < -0.4 is 4.74 Å². The number of imidazole rings is 1. The molecule has 3 heterocycles. The van der Waals surface area contributed by atoms with Crippen LogP contribution in [0.5, 0.6) is 5.75 Å². The second-order valence-corrected chi connectivity index (χ2v) is 8.88. The number of oxime groups is 1. The van der Waals surface area contributed by atoms with E-state index in [-0.39, 0.29) is 11.9 Å². The van der Waals surface area contributed by atoms with Gasteiger partial charge in [-0.3, -0.25) is 0 Å². The number of aryl methyl sites for hydroxylation is 2. The number of nitrogens with zero attached hydrogens (tertiary/aromatic N) is 4. The molecule has 0 radical (unpaired) electrons. The summed E-state index contributed by atoms with van der Waals surface area (Å²) in [5.74, 6) is 1.46. The van der Waals surface area contributed by atoms with Gasteiger partial charge in [0.25, 0.3) is 0 Å². The van der Waals surface area contributed by atoms with Crippen molar-refractivity contribution in [3.05, 3.63) is 82.7 Å². The molecule has 3 aromatic rings. The Morgan fingerprint density at radius 2 is 2.06 bits per heavy atom. The fourth-order valence-electron chi connectivity index (χ4n) is 4.79. The SMILES string of the molecule is COc1cc(/C=C2\CCCN3C2=NOCCC3c2ccc(F)c(C)c2)ccc1-n1cnc(C)c1. The molecule has 1 aromatic heterocycles. The Balaban J connectivity index is 1.47. The number of methoxy groups -OCH3 is 1. The zero-order valence-electron chi connectivity index (χ0n) is 19.8. The molecule has 2 aliphatic heterocycles. The van der Waals surface area contributed by atoms with Gasteiger partial charge in [-0.1, -0.05) is 23.4 Å². The topological polar surface area (TPSA) is 51.9 Å². The summed E-state index contributed by atoms with van der Waals surface area (Å²) >= 11 is 0. The summed E-state index contributed by atoms with van der Waals surface area (Å²) in [4.78, 5) is 12.3. The van der Waals surface area contributed by atoms with E-state index < -0.39 is 0 Å². The number of ether oxygens (including phenoxy) is 1. The van der Waals surface area contributed by atoms with Crippen LogP contribution in [0, 0.1) is 19.7 Å². The van der Waals surface area contributed by atoms with Gasteiger partial charge in [0.1, 0.15) is 18.2 Å². The molecule has 34 heavy (non-hydrogen) atoms. The van der Waals surface area contributed by atoms with Gasteiger partial charge in [-0.05, 0) is 73.2 Å². The predicted molar refractivity (Wildman–Crippen MR) is 131 cm³/mol. The standard InChI is InChI=1S/C27H29FN4O2/c1-18-13-21(7-8-23(18)28)24-10-12-34-30-27-22(5-4-11-32(24)27)14-20-6-9-25(26(15-20)33-3)31-16-19(2)29-17-31/h6-9,13-17,24H,4-5,10-12H2,1-3H3/b22-14+. The summed E-state index contributed by atoms with van der Waals surface area (Å²) < 4.78 is 21.5. The van der Waals surface area contributed by atoms with E-state index in [1.165, 1.54) is 0 Å². The van der Waals surface area contributed by atoms with Gasteiger partial charge in [0.15, 0.2) is 5.84 Å². The Morgan fingerprint density at radius 3 is 2.82 bits per heavy atom. The van der Waals surface area contributed by atoms with Gasteiger partial charge < -0.3 is 19.0 Å². The average molecular weight is 461 g/mol. The molecular weight excluding hydrogens is 431 g/mol. The molecule has 0 spiro atoms. The lowest BCUT2D eigenvalue weighted by molar-refractivity contribution is 0.140. The largest absolute Gasteiger partial charge is 0.495 e. The summed E-state index contributed by atoms with van der Waals surface area (Å²) in [6, 6.07) is 11.7. The monoisotopic (exact) mass is 460 g/mol. The molecule has 7 heteroatoms. The Morgan fingerprint density at radius 1 is 1.18 bits per heavy atom. The van der Waals surface area contributed by atoms with Crippen LogP contribution in [0.15, 0.2) is 59.7 Å². The van der Waals surface area contributed by atoms with Crippen LogP contribution in [-0.4, -0.2) is 40.5 Å². The van der Waals surface area contributed by atoms with E-state index in [1.807, 2.05) is 48.9 Å². The molecule has 176 valence electrons. The van der Waals surface area contributed by atoms with Crippen molar-refractivity contribution in [3.8, 4) is 11.4 Å². The highest BCUT2D eigenvalue weighted by atomic mass is 19.1. The third-order valence-corrected chi connectivity index (χ3v) is 6.52. The summed E-state index contributed by atoms with van der Waals surface area (Å²) in [5.41, 5.74) is 5.82. The van der Waals surface area contributed by atoms with Gasteiger partial charge in [0.05, 0.1) is 30.9 Å². The minimum absolute atomic E-state index is 0.102. The Kier molecular flexibility index (Phi) is 6.09. The van der Waals surface area contributed by atoms with Crippen LogP contribution >= 0.6 is 0 Å². The molecule has 1 unspecified atom stereocenters. The highest BCUT2D eigenvalue weighted by Gasteiger charge is 2.31. The predicted octanol–water partition coefficient (Wildman–Crippen LogP) is 5.59. The summed E-state index contributed by atoms with van der Waals surface area (Å²) in [5, 5.41) is 4.51. The average Bonchev–Trinajstić information content (AvgIpc) is 3.15. The molecule has 0 N–H and O–H groups in total. The van der Waals surface area contributed by atoms with Crippen molar-refractivity contribution < 1.29 is 14.0 Å². The highest BCUT2D eigenvalue weighted by Crippen LogP contribution is 2.35. The van der Waals surface area contributed by atoms with E-state index in [0.717, 1.165) is 65.5 Å². The third kappa shape index (κ3) is 4.30. The first kappa shape index (κ1) is 22.2. The number of aromatic nitrogens is 2. The number of benzene rings is 2. The zero-order valence-corrected chi connectivity index (χ0v) is 19.8. The second-order valence-electron chi connectivity index (χ2n) is 8.88. The smallest absolute Gasteiger partial charge is 0.171 e. The molecular formula is C27H29FN4O2. The lowest BCUT2D eigenvalue weighted by atomic mass is 9.94. The van der Waals surface area contributed by atoms with Crippen molar-refractivity contribution in [2.75, 3.05) is 20.3 Å². The maximum absolute atomic E-state index is 13.9. The van der Waals surface area contributed by atoms with Crippen molar-refractivity contribution in [2.45, 2.75) is 39.2 Å². The minimum atomic E-state index is -0.176. The molecule has 6 nitrogen and oxygen atoms in total. The van der Waals surface area contributed by atoms with Gasteiger partial charge in [0, 0.05) is 19.2 Å². The van der Waals surface area contributed by atoms with Gasteiger partial charge in [-0.2, -0.15) is 0 Å². The quantitative estimate of drug-likeness (QED) is 0.509. The molecule has 5 rings (SSSR count). The lowest BCUT2D eigenvalue weighted by Gasteiger charge is -2.36. The normalized spacial score (nSPS) is 19.3. The van der Waals surface area contributed by atoms with E-state index in [2.05, 4.69) is 27.2 Å². The Bertz CT molecular complexity index is 1260. The van der Waals surface area contributed by atoms with Crippen molar-refractivity contribution in [2.24, 2.45) is 5.16 Å². The Hall–Kier alpha value is -3.61. The van der Waals surface area contributed by atoms with Crippen molar-refractivity contribution in [1.82, 2.24) is 14.5 Å². The highest BCUT2D eigenvalue weighted by molar-refractivity contribution is 6.02.